The maximum atomic E-state index is 14.3. The van der Waals surface area contributed by atoms with Crippen LogP contribution in [0.15, 0.2) is 24.3 Å². The predicted molar refractivity (Wildman–Crippen MR) is 173 cm³/mol. The Bertz CT molecular complexity index is 1020. The van der Waals surface area contributed by atoms with Crippen molar-refractivity contribution in [3.05, 3.63) is 58.7 Å². The van der Waals surface area contributed by atoms with Gasteiger partial charge in [-0.2, -0.15) is 8.78 Å². The fourth-order valence-corrected chi connectivity index (χ4v) is 6.94. The van der Waals surface area contributed by atoms with E-state index in [1.54, 1.807) is 24.3 Å². The second-order valence-corrected chi connectivity index (χ2v) is 13.0. The van der Waals surface area contributed by atoms with Gasteiger partial charge in [0.1, 0.15) is 0 Å². The van der Waals surface area contributed by atoms with Crippen LogP contribution in [0.2, 0.25) is 0 Å². The maximum absolute atomic E-state index is 14.3. The van der Waals surface area contributed by atoms with Crippen molar-refractivity contribution in [2.24, 2.45) is 11.8 Å². The topological polar surface area (TPSA) is 18.5 Å². The van der Waals surface area contributed by atoms with Gasteiger partial charge in [-0.1, -0.05) is 78.4 Å². The number of hydrogen-bond donors (Lipinski definition) is 0. The summed E-state index contributed by atoms with van der Waals surface area (Å²) in [6.07, 6.45) is 17.0. The van der Waals surface area contributed by atoms with E-state index in [0.717, 1.165) is 88.9 Å². The third kappa shape index (κ3) is 10.4. The van der Waals surface area contributed by atoms with Crippen LogP contribution in [-0.2, 0) is 0 Å². The Morgan fingerprint density at radius 3 is 1.18 bits per heavy atom. The van der Waals surface area contributed by atoms with E-state index in [0.29, 0.717) is 24.3 Å². The zero-order chi connectivity index (χ0) is 31.9. The van der Waals surface area contributed by atoms with Crippen LogP contribution in [0.3, 0.4) is 0 Å². The van der Waals surface area contributed by atoms with Crippen LogP contribution in [0, 0.1) is 35.1 Å². The van der Waals surface area contributed by atoms with Gasteiger partial charge in [-0.15, -0.1) is 0 Å². The molecule has 0 heterocycles. The molecule has 0 aliphatic heterocycles. The predicted octanol–water partition coefficient (Wildman–Crippen LogP) is 12.4. The number of unbranched alkanes of at least 4 members (excludes halogenated alkanes) is 2. The van der Waals surface area contributed by atoms with Crippen molar-refractivity contribution in [1.82, 2.24) is 0 Å². The van der Waals surface area contributed by atoms with Crippen molar-refractivity contribution in [2.45, 2.75) is 142 Å². The van der Waals surface area contributed by atoms with E-state index in [9.17, 15) is 17.6 Å². The lowest BCUT2D eigenvalue weighted by Gasteiger charge is -2.29. The smallest absolute Gasteiger partial charge is 0.200 e. The van der Waals surface area contributed by atoms with Crippen LogP contribution in [0.1, 0.15) is 153 Å². The third-order valence-corrected chi connectivity index (χ3v) is 9.63. The summed E-state index contributed by atoms with van der Waals surface area (Å²) in [5, 5.41) is 0. The fourth-order valence-electron chi connectivity index (χ4n) is 6.94. The zero-order valence-corrected chi connectivity index (χ0v) is 27.7. The highest BCUT2D eigenvalue weighted by atomic mass is 19.2. The molecule has 2 aromatic carbocycles. The summed E-state index contributed by atoms with van der Waals surface area (Å²) >= 11 is 0. The molecule has 248 valence electrons. The summed E-state index contributed by atoms with van der Waals surface area (Å²) < 4.78 is 67.6. The molecule has 0 atom stereocenters. The second-order valence-electron chi connectivity index (χ2n) is 13.0. The number of halogens is 4. The van der Waals surface area contributed by atoms with Crippen molar-refractivity contribution < 1.29 is 27.0 Å². The maximum Gasteiger partial charge on any atom is 0.200 e. The Labute approximate surface area is 264 Å². The molecule has 0 unspecified atom stereocenters. The molecule has 0 spiro atoms. The van der Waals surface area contributed by atoms with Crippen molar-refractivity contribution >= 4 is 0 Å². The number of ether oxygens (including phenoxy) is 2. The van der Waals surface area contributed by atoms with E-state index >= 15 is 0 Å². The first-order valence-corrected chi connectivity index (χ1v) is 17.6. The van der Waals surface area contributed by atoms with E-state index in [-0.39, 0.29) is 23.3 Å². The second kappa shape index (κ2) is 19.3. The number of rotatable bonds is 14. The molecule has 44 heavy (non-hydrogen) atoms. The number of hydrogen-bond acceptors (Lipinski definition) is 2. The molecule has 4 rings (SSSR count). The van der Waals surface area contributed by atoms with Gasteiger partial charge in [-0.3, -0.25) is 0 Å². The highest BCUT2D eigenvalue weighted by molar-refractivity contribution is 5.34. The fraction of sp³-hybridized carbons (Fsp3) is 0.684. The van der Waals surface area contributed by atoms with E-state index in [2.05, 4.69) is 13.8 Å². The minimum absolute atomic E-state index is 0.0503. The SMILES string of the molecule is CCCCOc1ccc(C2CCC(CCC)CC2)c(F)c1F.CCCCOc1ccc(C2CCC(CCC)CC2)c(F)c1F. The average molecular weight is 621 g/mol. The van der Waals surface area contributed by atoms with Crippen molar-refractivity contribution in [3.8, 4) is 11.5 Å². The molecule has 2 aliphatic rings. The molecule has 0 radical (unpaired) electrons. The molecular weight excluding hydrogens is 564 g/mol. The van der Waals surface area contributed by atoms with E-state index in [1.165, 1.54) is 25.7 Å². The first-order chi connectivity index (χ1) is 21.3. The Hall–Kier alpha value is -2.24. The minimum Gasteiger partial charge on any atom is -0.490 e. The molecule has 2 saturated carbocycles. The van der Waals surface area contributed by atoms with Crippen LogP contribution >= 0.6 is 0 Å². The highest BCUT2D eigenvalue weighted by Gasteiger charge is 2.27. The van der Waals surface area contributed by atoms with E-state index in [4.69, 9.17) is 9.47 Å². The van der Waals surface area contributed by atoms with Gasteiger partial charge >= 0.3 is 0 Å². The van der Waals surface area contributed by atoms with Gasteiger partial charge in [0.25, 0.3) is 0 Å². The molecule has 0 bridgehead atoms. The zero-order valence-electron chi connectivity index (χ0n) is 27.7. The standard InChI is InChI=1S/2C19H28F2O/c2*1-3-5-13-22-17-12-11-16(18(20)19(17)21)15-9-7-14(6-4-2)8-10-15/h2*11-12,14-15H,3-10,13H2,1-2H3. The molecule has 2 nitrogen and oxygen atoms in total. The summed E-state index contributed by atoms with van der Waals surface area (Å²) in [6, 6.07) is 6.65. The monoisotopic (exact) mass is 620 g/mol. The van der Waals surface area contributed by atoms with E-state index < -0.39 is 23.3 Å². The van der Waals surface area contributed by atoms with Crippen molar-refractivity contribution in [2.75, 3.05) is 13.2 Å². The van der Waals surface area contributed by atoms with Gasteiger partial charge in [0.2, 0.25) is 11.6 Å². The summed E-state index contributed by atoms with van der Waals surface area (Å²) in [4.78, 5) is 0. The van der Waals surface area contributed by atoms with Crippen LogP contribution in [-0.4, -0.2) is 13.2 Å². The Kier molecular flexibility index (Phi) is 15.9. The molecule has 6 heteroatoms. The molecular formula is C38H56F4O2. The minimum atomic E-state index is -0.815. The van der Waals surface area contributed by atoms with Gasteiger partial charge < -0.3 is 9.47 Å². The summed E-state index contributed by atoms with van der Waals surface area (Å²) in [5.74, 6) is -1.07. The Morgan fingerprint density at radius 2 is 0.864 bits per heavy atom. The van der Waals surface area contributed by atoms with Crippen LogP contribution in [0.5, 0.6) is 11.5 Å². The quantitative estimate of drug-likeness (QED) is 0.155. The molecule has 0 N–H and O–H groups in total. The largest absolute Gasteiger partial charge is 0.490 e. The van der Waals surface area contributed by atoms with E-state index in [1.807, 2.05) is 13.8 Å². The summed E-state index contributed by atoms with van der Waals surface area (Å²) in [5.41, 5.74) is 1.07. The average Bonchev–Trinajstić information content (AvgIpc) is 3.03. The highest BCUT2D eigenvalue weighted by Crippen LogP contribution is 2.41. The van der Waals surface area contributed by atoms with Crippen molar-refractivity contribution in [3.63, 3.8) is 0 Å². The van der Waals surface area contributed by atoms with Crippen LogP contribution in [0.25, 0.3) is 0 Å². The van der Waals surface area contributed by atoms with Gasteiger partial charge in [-0.05, 0) is 111 Å². The normalized spacial score (nSPS) is 21.8. The lowest BCUT2D eigenvalue weighted by atomic mass is 9.77. The lowest BCUT2D eigenvalue weighted by molar-refractivity contribution is 0.283. The third-order valence-electron chi connectivity index (χ3n) is 9.63. The lowest BCUT2D eigenvalue weighted by Crippen LogP contribution is -2.15. The van der Waals surface area contributed by atoms with Crippen LogP contribution in [0.4, 0.5) is 17.6 Å². The molecule has 2 fully saturated rings. The van der Waals surface area contributed by atoms with Gasteiger partial charge in [-0.25, -0.2) is 8.78 Å². The van der Waals surface area contributed by atoms with Gasteiger partial charge in [0.15, 0.2) is 23.1 Å². The summed E-state index contributed by atoms with van der Waals surface area (Å²) in [7, 11) is 0. The Balaban J connectivity index is 0.000000240. The Morgan fingerprint density at radius 1 is 0.500 bits per heavy atom. The van der Waals surface area contributed by atoms with Gasteiger partial charge in [0.05, 0.1) is 13.2 Å². The van der Waals surface area contributed by atoms with Crippen molar-refractivity contribution in [1.29, 1.82) is 0 Å². The molecule has 0 amide bonds. The van der Waals surface area contributed by atoms with Gasteiger partial charge in [0, 0.05) is 0 Å². The summed E-state index contributed by atoms with van der Waals surface area (Å²) in [6.45, 7) is 9.37. The first-order valence-electron chi connectivity index (χ1n) is 17.6. The first kappa shape index (κ1) is 36.2. The molecule has 2 aromatic rings. The molecule has 0 aromatic heterocycles. The van der Waals surface area contributed by atoms with Crippen LogP contribution < -0.4 is 9.47 Å². The molecule has 0 saturated heterocycles. The number of benzene rings is 2. The molecule has 2 aliphatic carbocycles.